The van der Waals surface area contributed by atoms with Crippen LogP contribution in [0.25, 0.3) is 10.9 Å². The van der Waals surface area contributed by atoms with E-state index in [1.165, 1.54) is 7.11 Å². The molecule has 0 bridgehead atoms. The van der Waals surface area contributed by atoms with Crippen molar-refractivity contribution < 1.29 is 9.53 Å². The number of carbonyl (C=O) groups is 1. The molecule has 0 saturated carbocycles. The second-order valence-corrected chi connectivity index (χ2v) is 5.20. The standard InChI is InChI=1S/C14H13Cl2NO2/c1-8(14(18)19-2)5-10-4-3-9-6-11(15)12(16)7-13(9)17-10/h3-4,6-8H,5H2,1-2H3. The highest BCUT2D eigenvalue weighted by Gasteiger charge is 2.14. The van der Waals surface area contributed by atoms with E-state index in [-0.39, 0.29) is 11.9 Å². The van der Waals surface area contributed by atoms with Gasteiger partial charge >= 0.3 is 5.97 Å². The van der Waals surface area contributed by atoms with Crippen LogP contribution in [0.15, 0.2) is 24.3 Å². The van der Waals surface area contributed by atoms with Crippen molar-refractivity contribution in [1.29, 1.82) is 0 Å². The number of aromatic nitrogens is 1. The van der Waals surface area contributed by atoms with Crippen molar-refractivity contribution in [1.82, 2.24) is 4.98 Å². The van der Waals surface area contributed by atoms with Crippen molar-refractivity contribution in [2.75, 3.05) is 7.11 Å². The molecule has 3 nitrogen and oxygen atoms in total. The van der Waals surface area contributed by atoms with Crippen LogP contribution in [0, 0.1) is 5.92 Å². The summed E-state index contributed by atoms with van der Waals surface area (Å²) in [7, 11) is 1.38. The molecular weight excluding hydrogens is 285 g/mol. The molecule has 1 aromatic carbocycles. The van der Waals surface area contributed by atoms with E-state index in [0.717, 1.165) is 16.6 Å². The molecule has 0 aliphatic heterocycles. The molecule has 0 amide bonds. The Morgan fingerprint density at radius 1 is 1.32 bits per heavy atom. The summed E-state index contributed by atoms with van der Waals surface area (Å²) in [5.41, 5.74) is 1.59. The number of esters is 1. The fraction of sp³-hybridized carbons (Fsp3) is 0.286. The first kappa shape index (κ1) is 14.1. The number of rotatable bonds is 3. The number of halogens is 2. The number of carbonyl (C=O) groups excluding carboxylic acids is 1. The largest absolute Gasteiger partial charge is 0.469 e. The van der Waals surface area contributed by atoms with Gasteiger partial charge in [-0.05, 0) is 18.2 Å². The van der Waals surface area contributed by atoms with Gasteiger partial charge in [0.15, 0.2) is 0 Å². The minimum absolute atomic E-state index is 0.224. The molecule has 0 saturated heterocycles. The van der Waals surface area contributed by atoms with Crippen LogP contribution in [0.1, 0.15) is 12.6 Å². The average molecular weight is 298 g/mol. The lowest BCUT2D eigenvalue weighted by Crippen LogP contribution is -2.15. The smallest absolute Gasteiger partial charge is 0.308 e. The molecule has 2 rings (SSSR count). The van der Waals surface area contributed by atoms with Gasteiger partial charge in [0.25, 0.3) is 0 Å². The Morgan fingerprint density at radius 3 is 2.68 bits per heavy atom. The zero-order valence-corrected chi connectivity index (χ0v) is 12.1. The third-order valence-corrected chi connectivity index (χ3v) is 3.63. The average Bonchev–Trinajstić information content (AvgIpc) is 2.39. The molecule has 2 aromatic rings. The van der Waals surface area contributed by atoms with Gasteiger partial charge in [-0.3, -0.25) is 9.78 Å². The first-order valence-corrected chi connectivity index (χ1v) is 6.59. The van der Waals surface area contributed by atoms with Gasteiger partial charge < -0.3 is 4.74 Å². The van der Waals surface area contributed by atoms with Gasteiger partial charge in [-0.1, -0.05) is 36.2 Å². The molecular formula is C14H13Cl2NO2. The number of hydrogen-bond donors (Lipinski definition) is 0. The van der Waals surface area contributed by atoms with E-state index >= 15 is 0 Å². The van der Waals surface area contributed by atoms with Crippen molar-refractivity contribution in [3.8, 4) is 0 Å². The van der Waals surface area contributed by atoms with E-state index in [0.29, 0.717) is 16.5 Å². The molecule has 0 spiro atoms. The molecule has 1 heterocycles. The van der Waals surface area contributed by atoms with Gasteiger partial charge in [0.05, 0.1) is 28.6 Å². The van der Waals surface area contributed by atoms with Crippen LogP contribution < -0.4 is 0 Å². The summed E-state index contributed by atoms with van der Waals surface area (Å²) in [4.78, 5) is 15.9. The molecule has 1 aromatic heterocycles. The summed E-state index contributed by atoms with van der Waals surface area (Å²) in [6.45, 7) is 1.81. The van der Waals surface area contributed by atoms with Crippen LogP contribution in [0.5, 0.6) is 0 Å². The van der Waals surface area contributed by atoms with Crippen LogP contribution >= 0.6 is 23.2 Å². The van der Waals surface area contributed by atoms with Crippen LogP contribution in [-0.4, -0.2) is 18.1 Å². The molecule has 0 aliphatic rings. The molecule has 100 valence electrons. The van der Waals surface area contributed by atoms with Gasteiger partial charge in [-0.15, -0.1) is 0 Å². The maximum atomic E-state index is 11.4. The van der Waals surface area contributed by atoms with Gasteiger partial charge in [0.2, 0.25) is 0 Å². The summed E-state index contributed by atoms with van der Waals surface area (Å²) in [5, 5.41) is 1.90. The molecule has 5 heteroatoms. The summed E-state index contributed by atoms with van der Waals surface area (Å²) < 4.78 is 4.70. The lowest BCUT2D eigenvalue weighted by molar-refractivity contribution is -0.144. The van der Waals surface area contributed by atoms with E-state index in [2.05, 4.69) is 4.98 Å². The number of fused-ring (bicyclic) bond motifs is 1. The lowest BCUT2D eigenvalue weighted by Gasteiger charge is -2.09. The highest BCUT2D eigenvalue weighted by atomic mass is 35.5. The minimum atomic E-state index is -0.240. The fourth-order valence-electron chi connectivity index (χ4n) is 1.87. The van der Waals surface area contributed by atoms with Crippen molar-refractivity contribution in [2.45, 2.75) is 13.3 Å². The molecule has 1 unspecified atom stereocenters. The van der Waals surface area contributed by atoms with Gasteiger partial charge in [0.1, 0.15) is 0 Å². The van der Waals surface area contributed by atoms with E-state index in [9.17, 15) is 4.79 Å². The highest BCUT2D eigenvalue weighted by molar-refractivity contribution is 6.42. The number of benzene rings is 1. The van der Waals surface area contributed by atoms with Crippen LogP contribution in [-0.2, 0) is 16.0 Å². The zero-order chi connectivity index (χ0) is 14.0. The first-order valence-electron chi connectivity index (χ1n) is 5.83. The zero-order valence-electron chi connectivity index (χ0n) is 10.6. The maximum absolute atomic E-state index is 11.4. The van der Waals surface area contributed by atoms with Gasteiger partial charge in [-0.2, -0.15) is 0 Å². The second kappa shape index (κ2) is 5.76. The SMILES string of the molecule is COC(=O)C(C)Cc1ccc2cc(Cl)c(Cl)cc2n1. The fourth-order valence-corrected chi connectivity index (χ4v) is 2.20. The topological polar surface area (TPSA) is 39.2 Å². The van der Waals surface area contributed by atoms with Crippen molar-refractivity contribution >= 4 is 40.1 Å². The van der Waals surface area contributed by atoms with E-state index in [4.69, 9.17) is 27.9 Å². The normalized spacial score (nSPS) is 12.4. The third kappa shape index (κ3) is 3.17. The second-order valence-electron chi connectivity index (χ2n) is 4.39. The van der Waals surface area contributed by atoms with Crippen molar-refractivity contribution in [3.05, 3.63) is 40.0 Å². The van der Waals surface area contributed by atoms with Crippen LogP contribution in [0.3, 0.4) is 0 Å². The number of nitrogens with zero attached hydrogens (tertiary/aromatic N) is 1. The maximum Gasteiger partial charge on any atom is 0.308 e. The molecule has 0 radical (unpaired) electrons. The minimum Gasteiger partial charge on any atom is -0.469 e. The van der Waals surface area contributed by atoms with Crippen LogP contribution in [0.4, 0.5) is 0 Å². The predicted molar refractivity (Wildman–Crippen MR) is 76.6 cm³/mol. The quantitative estimate of drug-likeness (QED) is 0.807. The Kier molecular flexibility index (Phi) is 4.27. The molecule has 1 atom stereocenters. The van der Waals surface area contributed by atoms with Crippen molar-refractivity contribution in [2.24, 2.45) is 5.92 Å². The number of methoxy groups -OCH3 is 1. The van der Waals surface area contributed by atoms with E-state index < -0.39 is 0 Å². The van der Waals surface area contributed by atoms with Crippen LogP contribution in [0.2, 0.25) is 10.0 Å². The summed E-state index contributed by atoms with van der Waals surface area (Å²) in [5.74, 6) is -0.464. The van der Waals surface area contributed by atoms with E-state index in [1.54, 1.807) is 12.1 Å². The Labute approximate surface area is 121 Å². The Hall–Kier alpha value is -1.32. The van der Waals surface area contributed by atoms with Gasteiger partial charge in [-0.25, -0.2) is 0 Å². The summed E-state index contributed by atoms with van der Waals surface area (Å²) in [6, 6.07) is 7.31. The summed E-state index contributed by atoms with van der Waals surface area (Å²) >= 11 is 11.9. The first-order chi connectivity index (χ1) is 9.01. The number of hydrogen-bond acceptors (Lipinski definition) is 3. The van der Waals surface area contributed by atoms with Gasteiger partial charge in [0, 0.05) is 17.5 Å². The Balaban J connectivity index is 2.31. The Bertz CT molecular complexity index is 628. The molecule has 0 aliphatic carbocycles. The lowest BCUT2D eigenvalue weighted by atomic mass is 10.0. The molecule has 0 fully saturated rings. The predicted octanol–water partition coefficient (Wildman–Crippen LogP) is 3.89. The monoisotopic (exact) mass is 297 g/mol. The Morgan fingerprint density at radius 2 is 2.00 bits per heavy atom. The molecule has 19 heavy (non-hydrogen) atoms. The molecule has 0 N–H and O–H groups in total. The summed E-state index contributed by atoms with van der Waals surface area (Å²) in [6.07, 6.45) is 0.531. The highest BCUT2D eigenvalue weighted by Crippen LogP contribution is 2.27. The number of ether oxygens (including phenoxy) is 1. The third-order valence-electron chi connectivity index (χ3n) is 2.91. The number of pyridine rings is 1. The van der Waals surface area contributed by atoms with Crippen molar-refractivity contribution in [3.63, 3.8) is 0 Å². The van der Waals surface area contributed by atoms with E-state index in [1.807, 2.05) is 19.1 Å².